The minimum Gasteiger partial charge on any atom is -0.496 e. The molecule has 6 nitrogen and oxygen atoms in total. The Morgan fingerprint density at radius 1 is 1.35 bits per heavy atom. The van der Waals surface area contributed by atoms with E-state index in [4.69, 9.17) is 9.15 Å². The van der Waals surface area contributed by atoms with Crippen LogP contribution in [-0.2, 0) is 13.0 Å². The van der Waals surface area contributed by atoms with Crippen molar-refractivity contribution < 1.29 is 14.3 Å². The standard InChI is InChI=1S/C17H18N2O4/c1-22-15-6-2-5-14-16(15)17(21)19(11-18-14)9-12(10-20)8-13-4-3-7-23-13/h2-7,11-12,20H,8-10H2,1H3/t12-/m1/s1. The molecule has 6 heteroatoms. The van der Waals surface area contributed by atoms with Gasteiger partial charge in [-0.1, -0.05) is 6.07 Å². The van der Waals surface area contributed by atoms with E-state index >= 15 is 0 Å². The largest absolute Gasteiger partial charge is 0.496 e. The highest BCUT2D eigenvalue weighted by molar-refractivity contribution is 5.83. The lowest BCUT2D eigenvalue weighted by Crippen LogP contribution is -2.27. The van der Waals surface area contributed by atoms with Gasteiger partial charge in [-0.15, -0.1) is 0 Å². The number of aliphatic hydroxyl groups is 1. The number of benzene rings is 1. The number of aromatic nitrogens is 2. The van der Waals surface area contributed by atoms with Gasteiger partial charge in [0, 0.05) is 25.5 Å². The van der Waals surface area contributed by atoms with Crippen LogP contribution in [0, 0.1) is 5.92 Å². The summed E-state index contributed by atoms with van der Waals surface area (Å²) in [5.74, 6) is 1.15. The molecule has 0 saturated heterocycles. The van der Waals surface area contributed by atoms with Crippen LogP contribution < -0.4 is 10.3 Å². The summed E-state index contributed by atoms with van der Waals surface area (Å²) >= 11 is 0. The highest BCUT2D eigenvalue weighted by atomic mass is 16.5. The Balaban J connectivity index is 1.93. The first-order valence-electron chi connectivity index (χ1n) is 7.38. The minimum absolute atomic E-state index is 0.0445. The van der Waals surface area contributed by atoms with E-state index in [9.17, 15) is 9.90 Å². The van der Waals surface area contributed by atoms with Crippen molar-refractivity contribution in [2.24, 2.45) is 5.92 Å². The second-order valence-corrected chi connectivity index (χ2v) is 5.39. The van der Waals surface area contributed by atoms with Gasteiger partial charge < -0.3 is 14.3 Å². The molecule has 0 unspecified atom stereocenters. The third kappa shape index (κ3) is 3.12. The summed E-state index contributed by atoms with van der Waals surface area (Å²) in [5.41, 5.74) is 0.419. The molecule has 0 aliphatic rings. The van der Waals surface area contributed by atoms with Crippen LogP contribution in [0.2, 0.25) is 0 Å². The summed E-state index contributed by atoms with van der Waals surface area (Å²) in [6.45, 7) is 0.314. The molecule has 0 radical (unpaired) electrons. The zero-order valence-electron chi connectivity index (χ0n) is 12.8. The second-order valence-electron chi connectivity index (χ2n) is 5.39. The van der Waals surface area contributed by atoms with Gasteiger partial charge in [0.1, 0.15) is 16.9 Å². The molecule has 0 fully saturated rings. The van der Waals surface area contributed by atoms with Crippen LogP contribution in [0.3, 0.4) is 0 Å². The smallest absolute Gasteiger partial charge is 0.264 e. The van der Waals surface area contributed by atoms with Gasteiger partial charge in [0.25, 0.3) is 5.56 Å². The molecule has 23 heavy (non-hydrogen) atoms. The monoisotopic (exact) mass is 314 g/mol. The van der Waals surface area contributed by atoms with E-state index in [0.29, 0.717) is 29.6 Å². The fraction of sp³-hybridized carbons (Fsp3) is 0.294. The van der Waals surface area contributed by atoms with Crippen molar-refractivity contribution in [1.29, 1.82) is 0 Å². The number of rotatable bonds is 6. The normalized spacial score (nSPS) is 12.4. The van der Waals surface area contributed by atoms with Crippen molar-refractivity contribution in [3.63, 3.8) is 0 Å². The van der Waals surface area contributed by atoms with Gasteiger partial charge in [0.15, 0.2) is 0 Å². The average Bonchev–Trinajstić information content (AvgIpc) is 3.09. The van der Waals surface area contributed by atoms with Crippen molar-refractivity contribution in [2.45, 2.75) is 13.0 Å². The number of hydrogen-bond acceptors (Lipinski definition) is 5. The first-order chi connectivity index (χ1) is 11.2. The molecule has 0 bridgehead atoms. The number of ether oxygens (including phenoxy) is 1. The Morgan fingerprint density at radius 3 is 2.91 bits per heavy atom. The lowest BCUT2D eigenvalue weighted by Gasteiger charge is -2.15. The fourth-order valence-electron chi connectivity index (χ4n) is 2.65. The predicted octanol–water partition coefficient (Wildman–Crippen LogP) is 1.85. The average molecular weight is 314 g/mol. The molecule has 1 N–H and O–H groups in total. The van der Waals surface area contributed by atoms with Crippen molar-refractivity contribution in [3.8, 4) is 5.75 Å². The van der Waals surface area contributed by atoms with Crippen LogP contribution in [0.4, 0.5) is 0 Å². The molecular formula is C17H18N2O4. The predicted molar refractivity (Wildman–Crippen MR) is 85.5 cm³/mol. The number of nitrogens with zero attached hydrogens (tertiary/aromatic N) is 2. The van der Waals surface area contributed by atoms with E-state index in [-0.39, 0.29) is 18.1 Å². The molecule has 0 amide bonds. The number of furan rings is 1. The number of aliphatic hydroxyl groups excluding tert-OH is 1. The van der Waals surface area contributed by atoms with Gasteiger partial charge in [-0.25, -0.2) is 4.98 Å². The molecule has 1 atom stereocenters. The van der Waals surface area contributed by atoms with Gasteiger partial charge in [0.05, 0.1) is 25.2 Å². The maximum Gasteiger partial charge on any atom is 0.264 e. The van der Waals surface area contributed by atoms with Gasteiger partial charge in [-0.05, 0) is 24.3 Å². The zero-order valence-corrected chi connectivity index (χ0v) is 12.8. The molecule has 3 aromatic rings. The van der Waals surface area contributed by atoms with Gasteiger partial charge in [-0.2, -0.15) is 0 Å². The van der Waals surface area contributed by atoms with Crippen LogP contribution in [0.5, 0.6) is 5.75 Å². The van der Waals surface area contributed by atoms with Crippen LogP contribution in [0.15, 0.2) is 52.1 Å². The summed E-state index contributed by atoms with van der Waals surface area (Å²) < 4.78 is 12.1. The number of fused-ring (bicyclic) bond motifs is 1. The quantitative estimate of drug-likeness (QED) is 0.751. The Kier molecular flexibility index (Phi) is 4.43. The highest BCUT2D eigenvalue weighted by Crippen LogP contribution is 2.20. The Labute approximate surface area is 133 Å². The van der Waals surface area contributed by atoms with Crippen LogP contribution >= 0.6 is 0 Å². The van der Waals surface area contributed by atoms with Crippen LogP contribution in [0.1, 0.15) is 5.76 Å². The maximum atomic E-state index is 12.7. The minimum atomic E-state index is -0.176. The summed E-state index contributed by atoms with van der Waals surface area (Å²) in [5, 5.41) is 10.0. The molecule has 3 rings (SSSR count). The first-order valence-corrected chi connectivity index (χ1v) is 7.38. The van der Waals surface area contributed by atoms with E-state index in [1.807, 2.05) is 6.07 Å². The van der Waals surface area contributed by atoms with Gasteiger partial charge in [0.2, 0.25) is 0 Å². The number of methoxy groups -OCH3 is 1. The molecule has 2 heterocycles. The fourth-order valence-corrected chi connectivity index (χ4v) is 2.65. The zero-order chi connectivity index (χ0) is 16.2. The molecule has 0 spiro atoms. The lowest BCUT2D eigenvalue weighted by atomic mass is 10.0. The maximum absolute atomic E-state index is 12.7. The number of hydrogen-bond donors (Lipinski definition) is 1. The van der Waals surface area contributed by atoms with Gasteiger partial charge in [-0.3, -0.25) is 9.36 Å². The summed E-state index contributed by atoms with van der Waals surface area (Å²) in [7, 11) is 1.53. The molecule has 120 valence electrons. The van der Waals surface area contributed by atoms with Crippen LogP contribution in [-0.4, -0.2) is 28.4 Å². The highest BCUT2D eigenvalue weighted by Gasteiger charge is 2.15. The van der Waals surface area contributed by atoms with Crippen LogP contribution in [0.25, 0.3) is 10.9 Å². The molecule has 0 aliphatic carbocycles. The third-order valence-electron chi connectivity index (χ3n) is 3.82. The van der Waals surface area contributed by atoms with Crippen molar-refractivity contribution in [3.05, 3.63) is 59.0 Å². The third-order valence-corrected chi connectivity index (χ3v) is 3.82. The van der Waals surface area contributed by atoms with E-state index in [1.165, 1.54) is 18.0 Å². The molecule has 0 aliphatic heterocycles. The topological polar surface area (TPSA) is 77.5 Å². The van der Waals surface area contributed by atoms with Crippen molar-refractivity contribution in [1.82, 2.24) is 9.55 Å². The van der Waals surface area contributed by atoms with Crippen molar-refractivity contribution >= 4 is 10.9 Å². The lowest BCUT2D eigenvalue weighted by molar-refractivity contribution is 0.203. The SMILES string of the molecule is COc1cccc2ncn(C[C@H](CO)Cc3ccco3)c(=O)c12. The van der Waals surface area contributed by atoms with E-state index < -0.39 is 0 Å². The van der Waals surface area contributed by atoms with E-state index in [1.54, 1.807) is 30.5 Å². The summed E-state index contributed by atoms with van der Waals surface area (Å²) in [4.78, 5) is 17.0. The molecule has 1 aromatic carbocycles. The summed E-state index contributed by atoms with van der Waals surface area (Å²) in [6, 6.07) is 8.97. The Hall–Kier alpha value is -2.60. The van der Waals surface area contributed by atoms with E-state index in [2.05, 4.69) is 4.98 Å². The summed E-state index contributed by atoms with van der Waals surface area (Å²) in [6.07, 6.45) is 3.66. The molecule has 2 aromatic heterocycles. The molecule has 0 saturated carbocycles. The first kappa shape index (κ1) is 15.3. The Bertz CT molecular complexity index is 839. The van der Waals surface area contributed by atoms with E-state index in [0.717, 1.165) is 5.76 Å². The Morgan fingerprint density at radius 2 is 2.22 bits per heavy atom. The van der Waals surface area contributed by atoms with Crippen molar-refractivity contribution in [2.75, 3.05) is 13.7 Å². The van der Waals surface area contributed by atoms with Gasteiger partial charge >= 0.3 is 0 Å². The molecular weight excluding hydrogens is 296 g/mol. The second kappa shape index (κ2) is 6.66.